The van der Waals surface area contributed by atoms with Gasteiger partial charge in [-0.15, -0.1) is 0 Å². The molecule has 24 heavy (non-hydrogen) atoms. The van der Waals surface area contributed by atoms with E-state index in [-0.39, 0.29) is 10.7 Å². The summed E-state index contributed by atoms with van der Waals surface area (Å²) in [7, 11) is 1.54. The van der Waals surface area contributed by atoms with Crippen molar-refractivity contribution in [3.05, 3.63) is 64.7 Å². The molecule has 0 bridgehead atoms. The highest BCUT2D eigenvalue weighted by Crippen LogP contribution is 2.33. The Bertz CT molecular complexity index is 755. The van der Waals surface area contributed by atoms with Gasteiger partial charge in [0.2, 0.25) is 5.91 Å². The van der Waals surface area contributed by atoms with Crippen LogP contribution in [-0.4, -0.2) is 13.0 Å². The molecule has 0 unspecified atom stereocenters. The number of amides is 1. The van der Waals surface area contributed by atoms with Crippen molar-refractivity contribution in [1.82, 2.24) is 0 Å². The predicted molar refractivity (Wildman–Crippen MR) is 87.1 cm³/mol. The number of carbonyl (C=O) groups excluding carboxylic acids is 1. The van der Waals surface area contributed by atoms with Crippen LogP contribution in [0, 0.1) is 0 Å². The minimum absolute atomic E-state index is 0.0224. The van der Waals surface area contributed by atoms with Crippen LogP contribution in [0.5, 0.6) is 5.75 Å². The Kier molecular flexibility index (Phi) is 5.51. The van der Waals surface area contributed by atoms with E-state index in [4.69, 9.17) is 16.3 Å². The van der Waals surface area contributed by atoms with Crippen LogP contribution in [0.25, 0.3) is 6.08 Å². The zero-order valence-electron chi connectivity index (χ0n) is 12.5. The van der Waals surface area contributed by atoms with Gasteiger partial charge in [-0.25, -0.2) is 0 Å². The molecule has 0 aliphatic carbocycles. The molecule has 0 heterocycles. The lowest BCUT2D eigenvalue weighted by molar-refractivity contribution is -0.137. The second-order valence-electron chi connectivity index (χ2n) is 4.79. The Morgan fingerprint density at radius 3 is 2.42 bits per heavy atom. The number of rotatable bonds is 4. The Morgan fingerprint density at radius 1 is 1.17 bits per heavy atom. The zero-order valence-corrected chi connectivity index (χ0v) is 13.3. The Labute approximate surface area is 141 Å². The molecule has 1 N–H and O–H groups in total. The average Bonchev–Trinajstić information content (AvgIpc) is 2.54. The minimum atomic E-state index is -4.51. The van der Waals surface area contributed by atoms with E-state index in [1.54, 1.807) is 24.3 Å². The summed E-state index contributed by atoms with van der Waals surface area (Å²) in [4.78, 5) is 11.9. The molecule has 0 radical (unpaired) electrons. The normalized spacial score (nSPS) is 11.5. The summed E-state index contributed by atoms with van der Waals surface area (Å²) in [5, 5.41) is 2.36. The molecule has 0 aliphatic heterocycles. The van der Waals surface area contributed by atoms with Gasteiger partial charge in [0.05, 0.1) is 23.4 Å². The van der Waals surface area contributed by atoms with Crippen molar-refractivity contribution in [2.24, 2.45) is 0 Å². The number of anilines is 1. The fourth-order valence-electron chi connectivity index (χ4n) is 1.86. The van der Waals surface area contributed by atoms with E-state index in [1.165, 1.54) is 19.3 Å². The van der Waals surface area contributed by atoms with Gasteiger partial charge < -0.3 is 10.1 Å². The summed E-state index contributed by atoms with van der Waals surface area (Å²) in [5.74, 6) is 0.0828. The second kappa shape index (κ2) is 7.40. The molecule has 2 aromatic rings. The molecule has 0 saturated heterocycles. The van der Waals surface area contributed by atoms with Crippen LogP contribution in [0.2, 0.25) is 5.02 Å². The lowest BCUT2D eigenvalue weighted by Crippen LogP contribution is -2.11. The molecule has 0 aliphatic rings. The highest BCUT2D eigenvalue weighted by molar-refractivity contribution is 6.33. The molecule has 126 valence electrons. The monoisotopic (exact) mass is 355 g/mol. The molecular formula is C17H13ClF3NO2. The van der Waals surface area contributed by atoms with Crippen LogP contribution in [-0.2, 0) is 11.0 Å². The fraction of sp³-hybridized carbons (Fsp3) is 0.118. The van der Waals surface area contributed by atoms with Crippen LogP contribution in [0.1, 0.15) is 11.1 Å². The maximum absolute atomic E-state index is 12.7. The van der Waals surface area contributed by atoms with Crippen LogP contribution < -0.4 is 10.1 Å². The molecule has 2 aromatic carbocycles. The van der Waals surface area contributed by atoms with E-state index < -0.39 is 17.6 Å². The summed E-state index contributed by atoms with van der Waals surface area (Å²) in [6.07, 6.45) is -1.78. The Morgan fingerprint density at radius 2 is 1.83 bits per heavy atom. The Balaban J connectivity index is 2.10. The summed E-state index contributed by atoms with van der Waals surface area (Å²) >= 11 is 5.82. The van der Waals surface area contributed by atoms with E-state index >= 15 is 0 Å². The number of hydrogen-bond acceptors (Lipinski definition) is 2. The highest BCUT2D eigenvalue weighted by atomic mass is 35.5. The van der Waals surface area contributed by atoms with Crippen molar-refractivity contribution in [3.63, 3.8) is 0 Å². The smallest absolute Gasteiger partial charge is 0.416 e. The van der Waals surface area contributed by atoms with E-state index in [0.29, 0.717) is 5.75 Å². The van der Waals surface area contributed by atoms with E-state index in [2.05, 4.69) is 5.32 Å². The average molecular weight is 356 g/mol. The van der Waals surface area contributed by atoms with E-state index in [9.17, 15) is 18.0 Å². The van der Waals surface area contributed by atoms with E-state index in [0.717, 1.165) is 23.8 Å². The number of carbonyl (C=O) groups is 1. The van der Waals surface area contributed by atoms with Gasteiger partial charge in [-0.1, -0.05) is 23.7 Å². The summed E-state index contributed by atoms with van der Waals surface area (Å²) in [5.41, 5.74) is -0.252. The van der Waals surface area contributed by atoms with Crippen LogP contribution >= 0.6 is 11.6 Å². The van der Waals surface area contributed by atoms with Crippen molar-refractivity contribution in [1.29, 1.82) is 0 Å². The first-order valence-corrected chi connectivity index (χ1v) is 7.17. The number of benzene rings is 2. The molecule has 3 nitrogen and oxygen atoms in total. The summed E-state index contributed by atoms with van der Waals surface area (Å²) in [6.45, 7) is 0. The SMILES string of the molecule is COc1ccc(/C=C\C(=O)Nc2cc(C(F)(F)F)ccc2Cl)cc1. The quantitative estimate of drug-likeness (QED) is 0.782. The van der Waals surface area contributed by atoms with E-state index in [1.807, 2.05) is 0 Å². The third-order valence-electron chi connectivity index (χ3n) is 3.09. The highest BCUT2D eigenvalue weighted by Gasteiger charge is 2.31. The van der Waals surface area contributed by atoms with Gasteiger partial charge in [0.25, 0.3) is 0 Å². The van der Waals surface area contributed by atoms with Crippen molar-refractivity contribution in [2.75, 3.05) is 12.4 Å². The number of nitrogens with one attached hydrogen (secondary N) is 1. The van der Waals surface area contributed by atoms with Crippen molar-refractivity contribution < 1.29 is 22.7 Å². The molecular weight excluding hydrogens is 343 g/mol. The number of alkyl halides is 3. The molecule has 0 aromatic heterocycles. The van der Waals surface area contributed by atoms with Gasteiger partial charge >= 0.3 is 6.18 Å². The van der Waals surface area contributed by atoms with Gasteiger partial charge in [0, 0.05) is 6.08 Å². The van der Waals surface area contributed by atoms with Crippen LogP contribution in [0.3, 0.4) is 0 Å². The van der Waals surface area contributed by atoms with Gasteiger partial charge in [0.15, 0.2) is 0 Å². The van der Waals surface area contributed by atoms with Gasteiger partial charge in [-0.2, -0.15) is 13.2 Å². The number of halogens is 4. The van der Waals surface area contributed by atoms with Gasteiger partial charge in [-0.05, 0) is 42.0 Å². The molecule has 0 saturated carbocycles. The van der Waals surface area contributed by atoms with Gasteiger partial charge in [0.1, 0.15) is 5.75 Å². The zero-order chi connectivity index (χ0) is 17.7. The number of methoxy groups -OCH3 is 1. The standard InChI is InChI=1S/C17H13ClF3NO2/c1-24-13-6-2-11(3-7-13)4-9-16(23)22-15-10-12(17(19,20)21)5-8-14(15)18/h2-10H,1H3,(H,22,23)/b9-4-. The lowest BCUT2D eigenvalue weighted by atomic mass is 10.2. The number of ether oxygens (including phenoxy) is 1. The molecule has 2 rings (SSSR count). The largest absolute Gasteiger partial charge is 0.497 e. The topological polar surface area (TPSA) is 38.3 Å². The summed E-state index contributed by atoms with van der Waals surface area (Å²) < 4.78 is 43.1. The number of hydrogen-bond donors (Lipinski definition) is 1. The second-order valence-corrected chi connectivity index (χ2v) is 5.20. The first-order valence-electron chi connectivity index (χ1n) is 6.79. The fourth-order valence-corrected chi connectivity index (χ4v) is 2.02. The molecule has 1 amide bonds. The molecule has 0 fully saturated rings. The maximum Gasteiger partial charge on any atom is 0.416 e. The molecule has 7 heteroatoms. The maximum atomic E-state index is 12.7. The molecule has 0 spiro atoms. The van der Waals surface area contributed by atoms with Gasteiger partial charge in [-0.3, -0.25) is 4.79 Å². The van der Waals surface area contributed by atoms with Crippen molar-refractivity contribution in [3.8, 4) is 5.75 Å². The van der Waals surface area contributed by atoms with Crippen LogP contribution in [0.4, 0.5) is 18.9 Å². The minimum Gasteiger partial charge on any atom is -0.497 e. The predicted octanol–water partition coefficient (Wildman–Crippen LogP) is 5.02. The van der Waals surface area contributed by atoms with Crippen molar-refractivity contribution in [2.45, 2.75) is 6.18 Å². The van der Waals surface area contributed by atoms with Crippen LogP contribution in [0.15, 0.2) is 48.5 Å². The Hall–Kier alpha value is -2.47. The third-order valence-corrected chi connectivity index (χ3v) is 3.42. The third kappa shape index (κ3) is 4.76. The van der Waals surface area contributed by atoms with Crippen molar-refractivity contribution >= 4 is 29.3 Å². The first-order chi connectivity index (χ1) is 11.3. The lowest BCUT2D eigenvalue weighted by Gasteiger charge is -2.10. The molecule has 0 atom stereocenters. The first kappa shape index (κ1) is 17.9. The summed E-state index contributed by atoms with van der Waals surface area (Å²) in [6, 6.07) is 9.65.